The average molecular weight is 415 g/mol. The molecule has 4 rings (SSSR count). The summed E-state index contributed by atoms with van der Waals surface area (Å²) in [5, 5.41) is 8.63. The molecule has 0 saturated heterocycles. The number of aromatic hydroxyl groups is 1. The maximum absolute atomic E-state index is 8.63. The first kappa shape index (κ1) is 26.0. The Morgan fingerprint density at radius 3 is 0.690 bits per heavy atom. The Balaban J connectivity index is 0.000000356. The third-order valence-corrected chi connectivity index (χ3v) is 3.28. The molecule has 1 nitrogen and oxygen atoms in total. The zero-order valence-corrected chi connectivity index (χ0v) is 18.2. The van der Waals surface area contributed by atoms with Gasteiger partial charge in [-0.3, -0.25) is 0 Å². The summed E-state index contributed by atoms with van der Waals surface area (Å²) in [6.07, 6.45) is 0. The smallest absolute Gasteiger partial charge is 0.508 e. The molecule has 4 aromatic carbocycles. The minimum absolute atomic E-state index is 0. The van der Waals surface area contributed by atoms with E-state index in [1.165, 1.54) is 0 Å². The monoisotopic (exact) mass is 415 g/mol. The Hall–Kier alpha value is -3.00. The van der Waals surface area contributed by atoms with Gasteiger partial charge in [0, 0.05) is 0 Å². The van der Waals surface area contributed by atoms with Gasteiger partial charge in [-0.2, -0.15) is 73.9 Å². The first-order valence-electron chi connectivity index (χ1n) is 8.93. The largest absolute Gasteiger partial charge is 3.00 e. The fourth-order valence-electron chi connectivity index (χ4n) is 1.86. The normalized spacial score (nSPS) is 8.28. The van der Waals surface area contributed by atoms with Crippen LogP contribution in [0.2, 0.25) is 0 Å². The van der Waals surface area contributed by atoms with Crippen molar-refractivity contribution in [3.05, 3.63) is 159 Å². The molecule has 0 fully saturated rings. The fourth-order valence-corrected chi connectivity index (χ4v) is 1.86. The maximum Gasteiger partial charge on any atom is 3.00 e. The molecule has 1 radical (unpaired) electrons. The second kappa shape index (κ2) is 17.1. The minimum Gasteiger partial charge on any atom is -0.508 e. The van der Waals surface area contributed by atoms with Gasteiger partial charge in [-0.25, -0.2) is 0 Å². The van der Waals surface area contributed by atoms with Crippen molar-refractivity contribution in [2.45, 2.75) is 0 Å². The third kappa shape index (κ3) is 15.7. The molecule has 0 heterocycles. The summed E-state index contributed by atoms with van der Waals surface area (Å²) in [6.45, 7) is 11.2. The molecule has 4 aromatic rings. The maximum atomic E-state index is 8.63. The molecule has 29 heavy (non-hydrogen) atoms. The number of hydrogen-bond acceptors (Lipinski definition) is 1. The van der Waals surface area contributed by atoms with E-state index < -0.39 is 0 Å². The van der Waals surface area contributed by atoms with Crippen LogP contribution in [0, 0.1) is 20.8 Å². The molecule has 0 aliphatic carbocycles. The first-order valence-corrected chi connectivity index (χ1v) is 8.93. The molecule has 145 valence electrons. The molecule has 0 spiro atoms. The van der Waals surface area contributed by atoms with Crippen LogP contribution in [0.5, 0.6) is 5.75 Å². The molecule has 0 atom stereocenters. The van der Waals surface area contributed by atoms with Crippen LogP contribution >= 0.6 is 0 Å². The summed E-state index contributed by atoms with van der Waals surface area (Å²) in [7, 11) is 0. The Morgan fingerprint density at radius 1 is 0.379 bits per heavy atom. The SMILES string of the molecule is Oc1ccccc1.[CH2-]c1ccccc1.[CH2-]c1ccccc1.[CH2-]c1ccccc1.[Ti+3]. The van der Waals surface area contributed by atoms with Gasteiger partial charge in [0.2, 0.25) is 0 Å². The topological polar surface area (TPSA) is 20.2 Å². The first-order chi connectivity index (χ1) is 13.6. The van der Waals surface area contributed by atoms with Gasteiger partial charge in [0.1, 0.15) is 5.75 Å². The van der Waals surface area contributed by atoms with E-state index >= 15 is 0 Å². The van der Waals surface area contributed by atoms with Gasteiger partial charge in [0.05, 0.1) is 0 Å². The van der Waals surface area contributed by atoms with E-state index in [2.05, 4.69) is 20.8 Å². The zero-order chi connectivity index (χ0) is 20.5. The zero-order valence-electron chi connectivity index (χ0n) is 16.6. The van der Waals surface area contributed by atoms with Crippen molar-refractivity contribution in [1.29, 1.82) is 0 Å². The van der Waals surface area contributed by atoms with E-state index in [0.717, 1.165) is 16.7 Å². The summed E-state index contributed by atoms with van der Waals surface area (Å²) >= 11 is 0. The summed E-state index contributed by atoms with van der Waals surface area (Å²) in [4.78, 5) is 0. The van der Waals surface area contributed by atoms with E-state index in [9.17, 15) is 0 Å². The van der Waals surface area contributed by atoms with Crippen LogP contribution in [-0.2, 0) is 21.7 Å². The summed E-state index contributed by atoms with van der Waals surface area (Å²) in [6, 6.07) is 38.3. The number of phenolic OH excluding ortho intramolecular Hbond substituents is 1. The fraction of sp³-hybridized carbons (Fsp3) is 0. The van der Waals surface area contributed by atoms with Crippen LogP contribution in [0.3, 0.4) is 0 Å². The second-order valence-electron chi connectivity index (χ2n) is 5.79. The van der Waals surface area contributed by atoms with E-state index in [1.54, 1.807) is 24.3 Å². The van der Waals surface area contributed by atoms with Crippen LogP contribution in [0.4, 0.5) is 0 Å². The summed E-state index contributed by atoms with van der Waals surface area (Å²) < 4.78 is 0. The van der Waals surface area contributed by atoms with E-state index in [4.69, 9.17) is 5.11 Å². The van der Waals surface area contributed by atoms with Gasteiger partial charge in [0.15, 0.2) is 0 Å². The second-order valence-corrected chi connectivity index (χ2v) is 5.79. The Labute approximate surface area is 191 Å². The van der Waals surface area contributed by atoms with Gasteiger partial charge in [0.25, 0.3) is 0 Å². The number of para-hydroxylation sites is 1. The molecule has 1 N–H and O–H groups in total. The predicted molar refractivity (Wildman–Crippen MR) is 121 cm³/mol. The minimum atomic E-state index is 0. The molecule has 0 aromatic heterocycles. The standard InChI is InChI=1S/3C7H7.C6H6O.Ti/c3*1-7-5-3-2-4-6-7;7-6-4-2-1-3-5-6;/h3*2-6H,1H2;1-5,7H;/q3*-1;;+3. The van der Waals surface area contributed by atoms with Gasteiger partial charge in [-0.05, 0) is 12.1 Å². The third-order valence-electron chi connectivity index (χ3n) is 3.28. The van der Waals surface area contributed by atoms with Crippen molar-refractivity contribution in [3.63, 3.8) is 0 Å². The Kier molecular flexibility index (Phi) is 15.4. The number of rotatable bonds is 0. The van der Waals surface area contributed by atoms with Crippen molar-refractivity contribution in [3.8, 4) is 5.75 Å². The van der Waals surface area contributed by atoms with Crippen molar-refractivity contribution >= 4 is 0 Å². The molecule has 0 aliphatic heterocycles. The molecular formula is C27H27OTi. The number of benzene rings is 4. The van der Waals surface area contributed by atoms with Crippen LogP contribution < -0.4 is 0 Å². The summed E-state index contributed by atoms with van der Waals surface area (Å²) in [5.74, 6) is 0.322. The van der Waals surface area contributed by atoms with Gasteiger partial charge in [-0.1, -0.05) is 36.4 Å². The van der Waals surface area contributed by atoms with E-state index in [-0.39, 0.29) is 21.7 Å². The predicted octanol–water partition coefficient (Wildman–Crippen LogP) is 7.00. The van der Waals surface area contributed by atoms with Crippen molar-refractivity contribution in [2.24, 2.45) is 0 Å². The number of hydrogen-bond donors (Lipinski definition) is 1. The van der Waals surface area contributed by atoms with Crippen LogP contribution in [-0.4, -0.2) is 5.11 Å². The van der Waals surface area contributed by atoms with Crippen molar-refractivity contribution in [1.82, 2.24) is 0 Å². The van der Waals surface area contributed by atoms with Crippen LogP contribution in [0.15, 0.2) is 121 Å². The Bertz CT molecular complexity index is 682. The molecule has 0 saturated carbocycles. The van der Waals surface area contributed by atoms with Crippen molar-refractivity contribution in [2.75, 3.05) is 0 Å². The number of phenols is 1. The van der Waals surface area contributed by atoms with E-state index in [0.29, 0.717) is 5.75 Å². The molecule has 0 amide bonds. The molecular weight excluding hydrogens is 388 g/mol. The van der Waals surface area contributed by atoms with Gasteiger partial charge >= 0.3 is 21.7 Å². The van der Waals surface area contributed by atoms with Gasteiger partial charge in [-0.15, -0.1) is 36.4 Å². The Morgan fingerprint density at radius 2 is 0.586 bits per heavy atom. The van der Waals surface area contributed by atoms with Crippen molar-refractivity contribution < 1.29 is 26.8 Å². The molecule has 0 aliphatic rings. The summed E-state index contributed by atoms with van der Waals surface area (Å²) in [5.41, 5.74) is 3.22. The quantitative estimate of drug-likeness (QED) is 0.242. The molecule has 0 unspecified atom stereocenters. The van der Waals surface area contributed by atoms with Crippen LogP contribution in [0.25, 0.3) is 0 Å². The molecule has 2 heteroatoms. The average Bonchev–Trinajstić information content (AvgIpc) is 2.72. The van der Waals surface area contributed by atoms with E-state index in [1.807, 2.05) is 97.1 Å². The molecule has 0 bridgehead atoms. The van der Waals surface area contributed by atoms with Crippen LogP contribution in [0.1, 0.15) is 16.7 Å². The van der Waals surface area contributed by atoms with Gasteiger partial charge < -0.3 is 5.11 Å².